The predicted octanol–water partition coefficient (Wildman–Crippen LogP) is 4.45. The number of methoxy groups -OCH3 is 1. The maximum absolute atomic E-state index is 12.4. The van der Waals surface area contributed by atoms with Gasteiger partial charge < -0.3 is 14.8 Å². The summed E-state index contributed by atoms with van der Waals surface area (Å²) < 4.78 is 35.8. The summed E-state index contributed by atoms with van der Waals surface area (Å²) >= 11 is 5.87. The Labute approximate surface area is 164 Å². The summed E-state index contributed by atoms with van der Waals surface area (Å²) in [6.07, 6.45) is 1.73. The first kappa shape index (κ1) is 19.6. The Kier molecular flexibility index (Phi) is 6.10. The molecule has 6 nitrogen and oxygen atoms in total. The van der Waals surface area contributed by atoms with E-state index in [2.05, 4.69) is 15.2 Å². The van der Waals surface area contributed by atoms with Crippen LogP contribution in [0.3, 0.4) is 0 Å². The maximum Gasteiger partial charge on any atom is 0.387 e. The third kappa shape index (κ3) is 4.98. The first-order valence-corrected chi connectivity index (χ1v) is 8.54. The summed E-state index contributed by atoms with van der Waals surface area (Å²) in [7, 11) is 1.30. The summed E-state index contributed by atoms with van der Waals surface area (Å²) in [5.74, 6) is -0.230. The summed E-state index contributed by atoms with van der Waals surface area (Å²) in [6.45, 7) is -2.47. The van der Waals surface area contributed by atoms with E-state index in [0.717, 1.165) is 5.56 Å². The van der Waals surface area contributed by atoms with Gasteiger partial charge in [0.15, 0.2) is 17.3 Å². The smallest absolute Gasteiger partial charge is 0.387 e. The van der Waals surface area contributed by atoms with Crippen LogP contribution in [-0.2, 0) is 6.54 Å². The van der Waals surface area contributed by atoms with Gasteiger partial charge in [-0.05, 0) is 35.9 Å². The average Bonchev–Trinajstić information content (AvgIpc) is 3.10. The van der Waals surface area contributed by atoms with Gasteiger partial charge in [0.2, 0.25) is 0 Å². The number of carbonyl (C=O) groups excluding carboxylic acids is 1. The van der Waals surface area contributed by atoms with Crippen molar-refractivity contribution < 1.29 is 23.0 Å². The molecule has 0 aliphatic carbocycles. The molecule has 0 radical (unpaired) electrons. The number of halogens is 3. The molecule has 0 aliphatic rings. The number of aromatic nitrogens is 2. The molecule has 0 saturated heterocycles. The Morgan fingerprint density at radius 3 is 2.61 bits per heavy atom. The molecular weight excluding hydrogens is 392 g/mol. The number of amides is 1. The zero-order valence-corrected chi connectivity index (χ0v) is 15.5. The highest BCUT2D eigenvalue weighted by Crippen LogP contribution is 2.29. The summed E-state index contributed by atoms with van der Waals surface area (Å²) in [4.78, 5) is 12.4. The van der Waals surface area contributed by atoms with Crippen LogP contribution in [0.25, 0.3) is 0 Å². The molecule has 1 heterocycles. The van der Waals surface area contributed by atoms with Gasteiger partial charge in [0.25, 0.3) is 5.91 Å². The highest BCUT2D eigenvalue weighted by Gasteiger charge is 2.15. The van der Waals surface area contributed by atoms with Crippen LogP contribution in [0.4, 0.5) is 14.6 Å². The van der Waals surface area contributed by atoms with E-state index < -0.39 is 12.5 Å². The summed E-state index contributed by atoms with van der Waals surface area (Å²) in [5, 5.41) is 7.59. The molecule has 2 aromatic carbocycles. The molecule has 28 heavy (non-hydrogen) atoms. The van der Waals surface area contributed by atoms with Crippen molar-refractivity contribution in [1.82, 2.24) is 9.78 Å². The van der Waals surface area contributed by atoms with Crippen molar-refractivity contribution >= 4 is 23.3 Å². The van der Waals surface area contributed by atoms with Crippen LogP contribution in [0.1, 0.15) is 15.9 Å². The van der Waals surface area contributed by atoms with Crippen LogP contribution >= 0.6 is 11.6 Å². The molecular formula is C19H16ClF2N3O3. The van der Waals surface area contributed by atoms with E-state index in [1.807, 2.05) is 12.1 Å². The molecule has 9 heteroatoms. The van der Waals surface area contributed by atoms with E-state index in [0.29, 0.717) is 17.4 Å². The normalized spacial score (nSPS) is 10.8. The molecule has 0 fully saturated rings. The fourth-order valence-corrected chi connectivity index (χ4v) is 2.61. The summed E-state index contributed by atoms with van der Waals surface area (Å²) in [6, 6.07) is 12.9. The third-order valence-corrected chi connectivity index (χ3v) is 4.03. The Morgan fingerprint density at radius 2 is 1.93 bits per heavy atom. The van der Waals surface area contributed by atoms with Crippen molar-refractivity contribution in [3.8, 4) is 11.5 Å². The number of hydrogen-bond acceptors (Lipinski definition) is 4. The molecule has 3 aromatic rings. The minimum Gasteiger partial charge on any atom is -0.493 e. The lowest BCUT2D eigenvalue weighted by Gasteiger charge is -2.11. The Balaban J connectivity index is 1.68. The first-order valence-electron chi connectivity index (χ1n) is 8.16. The van der Waals surface area contributed by atoms with Crippen molar-refractivity contribution in [2.75, 3.05) is 12.4 Å². The van der Waals surface area contributed by atoms with Crippen molar-refractivity contribution in [3.63, 3.8) is 0 Å². The number of carbonyl (C=O) groups is 1. The van der Waals surface area contributed by atoms with Crippen LogP contribution in [-0.4, -0.2) is 29.4 Å². The Bertz CT molecular complexity index is 961. The lowest BCUT2D eigenvalue weighted by molar-refractivity contribution is -0.0512. The maximum atomic E-state index is 12.4. The first-order chi connectivity index (χ1) is 13.4. The standard InChI is InChI=1S/C19H16ClF2N3O3/c1-27-16-10-13(4-7-15(16)28-19(21)22)18(26)23-17-8-9-25(24-17)11-12-2-5-14(20)6-3-12/h2-10,19H,11H2,1H3,(H,23,24,26). The second-order valence-electron chi connectivity index (χ2n) is 5.72. The lowest BCUT2D eigenvalue weighted by Crippen LogP contribution is -2.13. The highest BCUT2D eigenvalue weighted by atomic mass is 35.5. The third-order valence-electron chi connectivity index (χ3n) is 3.78. The van der Waals surface area contributed by atoms with Crippen LogP contribution < -0.4 is 14.8 Å². The van der Waals surface area contributed by atoms with Gasteiger partial charge in [-0.25, -0.2) is 0 Å². The zero-order chi connectivity index (χ0) is 20.1. The minimum atomic E-state index is -2.99. The Hall–Kier alpha value is -3.13. The number of nitrogens with zero attached hydrogens (tertiary/aromatic N) is 2. The second kappa shape index (κ2) is 8.71. The minimum absolute atomic E-state index is 0.0289. The molecule has 1 aromatic heterocycles. The van der Waals surface area contributed by atoms with Crippen LogP contribution in [0.5, 0.6) is 11.5 Å². The number of alkyl halides is 2. The van der Waals surface area contributed by atoms with Crippen molar-refractivity contribution in [2.24, 2.45) is 0 Å². The quantitative estimate of drug-likeness (QED) is 0.628. The van der Waals surface area contributed by atoms with Crippen molar-refractivity contribution in [1.29, 1.82) is 0 Å². The predicted molar refractivity (Wildman–Crippen MR) is 100 cm³/mol. The molecule has 0 bridgehead atoms. The molecule has 0 unspecified atom stereocenters. The average molecular weight is 408 g/mol. The van der Waals surface area contributed by atoms with E-state index in [9.17, 15) is 13.6 Å². The van der Waals surface area contributed by atoms with E-state index in [4.69, 9.17) is 16.3 Å². The fraction of sp³-hybridized carbons (Fsp3) is 0.158. The number of rotatable bonds is 7. The van der Waals surface area contributed by atoms with Gasteiger partial charge in [0.1, 0.15) is 0 Å². The van der Waals surface area contributed by atoms with Gasteiger partial charge in [-0.15, -0.1) is 0 Å². The van der Waals surface area contributed by atoms with Gasteiger partial charge in [-0.1, -0.05) is 23.7 Å². The second-order valence-corrected chi connectivity index (χ2v) is 6.16. The van der Waals surface area contributed by atoms with Gasteiger partial charge in [0, 0.05) is 22.8 Å². The number of ether oxygens (including phenoxy) is 2. The van der Waals surface area contributed by atoms with E-state index in [1.54, 1.807) is 29.1 Å². The van der Waals surface area contributed by atoms with E-state index >= 15 is 0 Å². The molecule has 1 N–H and O–H groups in total. The number of hydrogen-bond donors (Lipinski definition) is 1. The molecule has 146 valence electrons. The fourth-order valence-electron chi connectivity index (χ4n) is 2.48. The molecule has 0 aliphatic heterocycles. The van der Waals surface area contributed by atoms with E-state index in [-0.39, 0.29) is 17.1 Å². The van der Waals surface area contributed by atoms with Gasteiger partial charge in [0.05, 0.1) is 13.7 Å². The molecule has 0 spiro atoms. The molecule has 0 saturated carbocycles. The zero-order valence-electron chi connectivity index (χ0n) is 14.7. The van der Waals surface area contributed by atoms with E-state index in [1.165, 1.54) is 25.3 Å². The molecule has 0 atom stereocenters. The lowest BCUT2D eigenvalue weighted by atomic mass is 10.2. The topological polar surface area (TPSA) is 65.4 Å². The summed E-state index contributed by atoms with van der Waals surface area (Å²) in [5.41, 5.74) is 1.22. The van der Waals surface area contributed by atoms with Crippen molar-refractivity contribution in [3.05, 3.63) is 70.9 Å². The van der Waals surface area contributed by atoms with Crippen LogP contribution in [0.15, 0.2) is 54.7 Å². The van der Waals surface area contributed by atoms with Crippen LogP contribution in [0, 0.1) is 0 Å². The number of anilines is 1. The SMILES string of the molecule is COc1cc(C(=O)Nc2ccn(Cc3ccc(Cl)cc3)n2)ccc1OC(F)F. The van der Waals surface area contributed by atoms with Gasteiger partial charge in [-0.3, -0.25) is 9.48 Å². The molecule has 1 amide bonds. The Morgan fingerprint density at radius 1 is 1.18 bits per heavy atom. The van der Waals surface area contributed by atoms with Crippen molar-refractivity contribution in [2.45, 2.75) is 13.2 Å². The van der Waals surface area contributed by atoms with Crippen LogP contribution in [0.2, 0.25) is 5.02 Å². The largest absolute Gasteiger partial charge is 0.493 e. The highest BCUT2D eigenvalue weighted by molar-refractivity contribution is 6.30. The van der Waals surface area contributed by atoms with Gasteiger partial charge >= 0.3 is 6.61 Å². The molecule has 3 rings (SSSR count). The monoisotopic (exact) mass is 407 g/mol. The number of nitrogens with one attached hydrogen (secondary N) is 1. The van der Waals surface area contributed by atoms with Gasteiger partial charge in [-0.2, -0.15) is 13.9 Å². The number of benzene rings is 2.